The second kappa shape index (κ2) is 5.89. The Morgan fingerprint density at radius 1 is 1.04 bits per heavy atom. The van der Waals surface area contributed by atoms with Crippen molar-refractivity contribution >= 4 is 16.7 Å². The van der Waals surface area contributed by atoms with Crippen molar-refractivity contribution in [2.24, 2.45) is 0 Å². The fourth-order valence-electron chi connectivity index (χ4n) is 3.14. The lowest BCUT2D eigenvalue weighted by molar-refractivity contribution is 0.206. The van der Waals surface area contributed by atoms with E-state index in [2.05, 4.69) is 25.8 Å². The van der Waals surface area contributed by atoms with Crippen LogP contribution in [0.3, 0.4) is 0 Å². The first-order chi connectivity index (χ1) is 11.3. The molecule has 0 saturated carbocycles. The number of hydrogen-bond donors (Lipinski definition) is 1. The number of pyridine rings is 1. The van der Waals surface area contributed by atoms with Crippen LogP contribution in [0.25, 0.3) is 11.0 Å². The van der Waals surface area contributed by atoms with Crippen LogP contribution in [0.2, 0.25) is 0 Å². The zero-order chi connectivity index (χ0) is 15.6. The van der Waals surface area contributed by atoms with Gasteiger partial charge in [-0.1, -0.05) is 12.1 Å². The van der Waals surface area contributed by atoms with E-state index in [-0.39, 0.29) is 5.69 Å². The summed E-state index contributed by atoms with van der Waals surface area (Å²) in [6.45, 7) is 4.39. The fourth-order valence-corrected chi connectivity index (χ4v) is 3.14. The van der Waals surface area contributed by atoms with E-state index in [9.17, 15) is 4.79 Å². The summed E-state index contributed by atoms with van der Waals surface area (Å²) in [5.74, 6) is 0. The standard InChI is InChI=1S/C17H19N5O/c23-17-19-15-5-1-2-6-16(15)22(17)13-20-8-10-21(11-9-20)14-4-3-7-18-12-14/h1-7,12H,8-11,13H2,(H,19,23). The number of H-pyrrole nitrogens is 1. The average molecular weight is 309 g/mol. The number of hydrogen-bond acceptors (Lipinski definition) is 4. The largest absolute Gasteiger partial charge is 0.368 e. The molecule has 23 heavy (non-hydrogen) atoms. The second-order valence-electron chi connectivity index (χ2n) is 5.83. The molecule has 2 aromatic heterocycles. The second-order valence-corrected chi connectivity index (χ2v) is 5.83. The molecule has 1 aromatic carbocycles. The molecule has 1 aliphatic rings. The SMILES string of the molecule is O=c1[nH]c2ccccc2n1CN1CCN(c2cccnc2)CC1. The lowest BCUT2D eigenvalue weighted by Gasteiger charge is -2.35. The third kappa shape index (κ3) is 2.73. The van der Waals surface area contributed by atoms with E-state index >= 15 is 0 Å². The highest BCUT2D eigenvalue weighted by atomic mass is 16.1. The topological polar surface area (TPSA) is 57.2 Å². The van der Waals surface area contributed by atoms with Crippen LogP contribution >= 0.6 is 0 Å². The minimum Gasteiger partial charge on any atom is -0.368 e. The first kappa shape index (κ1) is 14.0. The Kier molecular flexibility index (Phi) is 3.59. The van der Waals surface area contributed by atoms with Gasteiger partial charge in [0.05, 0.1) is 29.6 Å². The highest BCUT2D eigenvalue weighted by Crippen LogP contribution is 2.15. The highest BCUT2D eigenvalue weighted by Gasteiger charge is 2.18. The Balaban J connectivity index is 1.47. The van der Waals surface area contributed by atoms with Gasteiger partial charge in [-0.15, -0.1) is 0 Å². The molecule has 3 heterocycles. The van der Waals surface area contributed by atoms with Crippen LogP contribution in [0.4, 0.5) is 5.69 Å². The van der Waals surface area contributed by atoms with E-state index in [1.54, 1.807) is 6.20 Å². The molecule has 0 bridgehead atoms. The zero-order valence-corrected chi connectivity index (χ0v) is 12.9. The summed E-state index contributed by atoms with van der Waals surface area (Å²) in [6.07, 6.45) is 3.70. The average Bonchev–Trinajstić information content (AvgIpc) is 2.92. The van der Waals surface area contributed by atoms with Gasteiger partial charge in [-0.05, 0) is 24.3 Å². The van der Waals surface area contributed by atoms with Gasteiger partial charge in [0.1, 0.15) is 0 Å². The van der Waals surface area contributed by atoms with Gasteiger partial charge in [-0.25, -0.2) is 4.79 Å². The number of nitrogens with zero attached hydrogens (tertiary/aromatic N) is 4. The Labute approximate surface area is 134 Å². The first-order valence-corrected chi connectivity index (χ1v) is 7.86. The maximum atomic E-state index is 12.2. The molecule has 1 saturated heterocycles. The monoisotopic (exact) mass is 309 g/mol. The molecule has 0 spiro atoms. The van der Waals surface area contributed by atoms with E-state index in [1.165, 1.54) is 0 Å². The molecule has 118 valence electrons. The van der Waals surface area contributed by atoms with Gasteiger partial charge in [-0.2, -0.15) is 0 Å². The van der Waals surface area contributed by atoms with Crippen molar-refractivity contribution in [3.8, 4) is 0 Å². The molecule has 1 fully saturated rings. The molecule has 4 rings (SSSR count). The van der Waals surface area contributed by atoms with Crippen molar-refractivity contribution in [2.75, 3.05) is 31.1 Å². The number of piperazine rings is 1. The Morgan fingerprint density at radius 2 is 1.87 bits per heavy atom. The summed E-state index contributed by atoms with van der Waals surface area (Å²) >= 11 is 0. The van der Waals surface area contributed by atoms with Crippen molar-refractivity contribution < 1.29 is 0 Å². The number of aromatic amines is 1. The Bertz CT molecular complexity index is 846. The summed E-state index contributed by atoms with van der Waals surface area (Å²) in [7, 11) is 0. The van der Waals surface area contributed by atoms with Gasteiger partial charge < -0.3 is 9.88 Å². The molecule has 6 nitrogen and oxygen atoms in total. The number of nitrogens with one attached hydrogen (secondary N) is 1. The molecular weight excluding hydrogens is 290 g/mol. The molecule has 0 aliphatic carbocycles. The van der Waals surface area contributed by atoms with Crippen LogP contribution < -0.4 is 10.6 Å². The summed E-state index contributed by atoms with van der Waals surface area (Å²) in [4.78, 5) is 23.9. The van der Waals surface area contributed by atoms with E-state index < -0.39 is 0 Å². The molecule has 0 amide bonds. The molecule has 3 aromatic rings. The van der Waals surface area contributed by atoms with Gasteiger partial charge in [-0.3, -0.25) is 14.5 Å². The van der Waals surface area contributed by atoms with Gasteiger partial charge in [0.25, 0.3) is 0 Å². The van der Waals surface area contributed by atoms with Gasteiger partial charge in [0, 0.05) is 32.4 Å². The van der Waals surface area contributed by atoms with Crippen molar-refractivity contribution in [3.05, 3.63) is 59.3 Å². The van der Waals surface area contributed by atoms with Gasteiger partial charge >= 0.3 is 5.69 Å². The lowest BCUT2D eigenvalue weighted by Crippen LogP contribution is -2.47. The predicted octanol–water partition coefficient (Wildman–Crippen LogP) is 1.50. The van der Waals surface area contributed by atoms with E-state index in [1.807, 2.05) is 41.1 Å². The van der Waals surface area contributed by atoms with Crippen LogP contribution in [-0.2, 0) is 6.67 Å². The quantitative estimate of drug-likeness (QED) is 0.797. The number of rotatable bonds is 3. The van der Waals surface area contributed by atoms with Crippen LogP contribution in [0.5, 0.6) is 0 Å². The summed E-state index contributed by atoms with van der Waals surface area (Å²) in [6, 6.07) is 11.9. The normalized spacial score (nSPS) is 16.1. The maximum Gasteiger partial charge on any atom is 0.327 e. The number of para-hydroxylation sites is 2. The van der Waals surface area contributed by atoms with E-state index in [4.69, 9.17) is 0 Å². The van der Waals surface area contributed by atoms with Gasteiger partial charge in [0.2, 0.25) is 0 Å². The van der Waals surface area contributed by atoms with Crippen LogP contribution in [-0.4, -0.2) is 45.6 Å². The zero-order valence-electron chi connectivity index (χ0n) is 12.9. The Morgan fingerprint density at radius 3 is 2.65 bits per heavy atom. The molecule has 0 radical (unpaired) electrons. The van der Waals surface area contributed by atoms with Gasteiger partial charge in [0.15, 0.2) is 0 Å². The third-order valence-corrected chi connectivity index (χ3v) is 4.41. The van der Waals surface area contributed by atoms with Crippen LogP contribution in [0, 0.1) is 0 Å². The van der Waals surface area contributed by atoms with Crippen molar-refractivity contribution in [1.29, 1.82) is 0 Å². The summed E-state index contributed by atoms with van der Waals surface area (Å²) in [5.41, 5.74) is 2.98. The van der Waals surface area contributed by atoms with E-state index in [0.717, 1.165) is 42.9 Å². The van der Waals surface area contributed by atoms with Crippen molar-refractivity contribution in [3.63, 3.8) is 0 Å². The first-order valence-electron chi connectivity index (χ1n) is 7.86. The van der Waals surface area contributed by atoms with Crippen molar-refractivity contribution in [1.82, 2.24) is 19.4 Å². The van der Waals surface area contributed by atoms with Crippen LogP contribution in [0.1, 0.15) is 0 Å². The molecule has 0 atom stereocenters. The molecular formula is C17H19N5O. The summed E-state index contributed by atoms with van der Waals surface area (Å²) < 4.78 is 1.81. The number of benzene rings is 1. The Hall–Kier alpha value is -2.60. The molecule has 1 N–H and O–H groups in total. The van der Waals surface area contributed by atoms with Crippen molar-refractivity contribution in [2.45, 2.75) is 6.67 Å². The lowest BCUT2D eigenvalue weighted by atomic mass is 10.3. The maximum absolute atomic E-state index is 12.2. The number of anilines is 1. The fraction of sp³-hybridized carbons (Fsp3) is 0.294. The predicted molar refractivity (Wildman–Crippen MR) is 90.6 cm³/mol. The molecule has 0 unspecified atom stereocenters. The number of aromatic nitrogens is 3. The number of fused-ring (bicyclic) bond motifs is 1. The minimum atomic E-state index is -0.0408. The highest BCUT2D eigenvalue weighted by molar-refractivity contribution is 5.74. The summed E-state index contributed by atoms with van der Waals surface area (Å²) in [5, 5.41) is 0. The van der Waals surface area contributed by atoms with E-state index in [0.29, 0.717) is 6.67 Å². The number of imidazole rings is 1. The molecule has 6 heteroatoms. The third-order valence-electron chi connectivity index (χ3n) is 4.41. The molecule has 1 aliphatic heterocycles. The minimum absolute atomic E-state index is 0.0408. The van der Waals surface area contributed by atoms with Crippen LogP contribution in [0.15, 0.2) is 53.6 Å². The smallest absolute Gasteiger partial charge is 0.327 e.